The fourth-order valence-electron chi connectivity index (χ4n) is 2.33. The van der Waals surface area contributed by atoms with Crippen molar-refractivity contribution in [2.75, 3.05) is 6.54 Å². The Labute approximate surface area is 130 Å². The number of benzene rings is 1. The Morgan fingerprint density at radius 3 is 2.87 bits per heavy atom. The zero-order valence-corrected chi connectivity index (χ0v) is 11.8. The fourth-order valence-corrected chi connectivity index (χ4v) is 2.33. The normalized spacial score (nSPS) is 22.5. The number of nitrogens with zero attached hydrogens (tertiary/aromatic N) is 2. The minimum absolute atomic E-state index is 0.0343. The van der Waals surface area contributed by atoms with Gasteiger partial charge in [0.05, 0.1) is 6.21 Å². The Bertz CT molecular complexity index is 691. The molecule has 120 valence electrons. The summed E-state index contributed by atoms with van der Waals surface area (Å²) in [4.78, 5) is 36.0. The van der Waals surface area contributed by atoms with E-state index in [0.29, 0.717) is 5.56 Å². The number of hydrogen-bond donors (Lipinski definition) is 5. The van der Waals surface area contributed by atoms with Gasteiger partial charge in [0, 0.05) is 5.56 Å². The number of para-hydroxylation sites is 1. The van der Waals surface area contributed by atoms with Crippen molar-refractivity contribution in [2.24, 2.45) is 5.10 Å². The van der Waals surface area contributed by atoms with Crippen LogP contribution in [0, 0.1) is 0 Å². The molecule has 23 heavy (non-hydrogen) atoms. The maximum Gasteiger partial charge on any atom is 0.321 e. The molecule has 2 atom stereocenters. The van der Waals surface area contributed by atoms with Gasteiger partial charge in [-0.2, -0.15) is 5.10 Å². The third-order valence-corrected chi connectivity index (χ3v) is 3.40. The molecule has 2 saturated heterocycles. The summed E-state index contributed by atoms with van der Waals surface area (Å²) in [5.41, 5.74) is 2.71. The minimum Gasteiger partial charge on any atom is -0.507 e. The third kappa shape index (κ3) is 3.00. The van der Waals surface area contributed by atoms with E-state index < -0.39 is 30.3 Å². The average Bonchev–Trinajstić information content (AvgIpc) is 2.98. The minimum atomic E-state index is -0.622. The molecule has 0 saturated carbocycles. The number of urea groups is 2. The second-order valence-electron chi connectivity index (χ2n) is 4.97. The lowest BCUT2D eigenvalue weighted by Gasteiger charge is -2.19. The topological polar surface area (TPSA) is 135 Å². The molecule has 0 spiro atoms. The average molecular weight is 318 g/mol. The number of amides is 5. The first-order valence-corrected chi connectivity index (χ1v) is 6.78. The van der Waals surface area contributed by atoms with Crippen LogP contribution in [-0.4, -0.2) is 53.1 Å². The van der Waals surface area contributed by atoms with Crippen LogP contribution in [0.2, 0.25) is 0 Å². The highest BCUT2D eigenvalue weighted by molar-refractivity contribution is 5.89. The molecule has 0 radical (unpaired) electrons. The van der Waals surface area contributed by atoms with E-state index in [1.165, 1.54) is 17.2 Å². The van der Waals surface area contributed by atoms with Gasteiger partial charge in [0.25, 0.3) is 5.91 Å². The van der Waals surface area contributed by atoms with Gasteiger partial charge in [0.2, 0.25) is 0 Å². The summed E-state index contributed by atoms with van der Waals surface area (Å²) in [6, 6.07) is 5.62. The zero-order valence-electron chi connectivity index (χ0n) is 11.8. The maximum absolute atomic E-state index is 11.8. The van der Waals surface area contributed by atoms with Crippen LogP contribution >= 0.6 is 0 Å². The summed E-state index contributed by atoms with van der Waals surface area (Å²) >= 11 is 0. The lowest BCUT2D eigenvalue weighted by molar-refractivity contribution is -0.121. The quantitative estimate of drug-likeness (QED) is 0.353. The van der Waals surface area contributed by atoms with Gasteiger partial charge in [0.15, 0.2) is 0 Å². The van der Waals surface area contributed by atoms with Gasteiger partial charge < -0.3 is 21.1 Å². The number of rotatable bonds is 4. The number of fused-ring (bicyclic) bond motifs is 1. The predicted octanol–water partition coefficient (Wildman–Crippen LogP) is -1.17. The maximum atomic E-state index is 11.8. The Hall–Kier alpha value is -3.30. The second-order valence-corrected chi connectivity index (χ2v) is 4.97. The molecule has 2 aliphatic rings. The van der Waals surface area contributed by atoms with Crippen molar-refractivity contribution in [3.63, 3.8) is 0 Å². The molecule has 3 rings (SSSR count). The standard InChI is InChI=1S/C13H14N6O4/c20-8-4-2-1-3-7(8)5-14-18-9(21)6-19-11-10(16-13(19)23)15-12(22)17-11/h1-5,10-11,20H,6H2,(H,16,23)(H,18,21)(H2,15,17,22)/b14-5+. The van der Waals surface area contributed by atoms with Crippen molar-refractivity contribution in [3.8, 4) is 5.75 Å². The van der Waals surface area contributed by atoms with Crippen molar-refractivity contribution in [1.82, 2.24) is 26.3 Å². The molecule has 10 nitrogen and oxygen atoms in total. The number of nitrogens with one attached hydrogen (secondary N) is 4. The Kier molecular flexibility index (Phi) is 3.71. The van der Waals surface area contributed by atoms with Crippen LogP contribution in [0.1, 0.15) is 5.56 Å². The number of hydrazone groups is 1. The summed E-state index contributed by atoms with van der Waals surface area (Å²) in [6.45, 7) is -0.271. The van der Waals surface area contributed by atoms with E-state index in [4.69, 9.17) is 0 Å². The number of hydrogen-bond acceptors (Lipinski definition) is 5. The first kappa shape index (κ1) is 14.6. The highest BCUT2D eigenvalue weighted by Crippen LogP contribution is 2.14. The molecule has 0 aromatic heterocycles. The van der Waals surface area contributed by atoms with Crippen molar-refractivity contribution in [2.45, 2.75) is 12.3 Å². The largest absolute Gasteiger partial charge is 0.507 e. The first-order valence-electron chi connectivity index (χ1n) is 6.78. The number of phenolic OH excluding ortho intramolecular Hbond substituents is 1. The van der Waals surface area contributed by atoms with Gasteiger partial charge >= 0.3 is 12.1 Å². The van der Waals surface area contributed by atoms with Gasteiger partial charge in [-0.05, 0) is 12.1 Å². The van der Waals surface area contributed by atoms with Crippen molar-refractivity contribution in [3.05, 3.63) is 29.8 Å². The molecule has 0 bridgehead atoms. The van der Waals surface area contributed by atoms with E-state index in [0.717, 1.165) is 0 Å². The highest BCUT2D eigenvalue weighted by atomic mass is 16.3. The number of carbonyl (C=O) groups is 3. The molecule has 2 fully saturated rings. The van der Waals surface area contributed by atoms with Crippen LogP contribution in [0.25, 0.3) is 0 Å². The monoisotopic (exact) mass is 318 g/mol. The fraction of sp³-hybridized carbons (Fsp3) is 0.231. The van der Waals surface area contributed by atoms with Crippen LogP contribution in [0.3, 0.4) is 0 Å². The van der Waals surface area contributed by atoms with E-state index in [1.807, 2.05) is 0 Å². The number of carbonyl (C=O) groups excluding carboxylic acids is 3. The van der Waals surface area contributed by atoms with Gasteiger partial charge in [-0.15, -0.1) is 0 Å². The van der Waals surface area contributed by atoms with Crippen LogP contribution in [0.15, 0.2) is 29.4 Å². The first-order chi connectivity index (χ1) is 11.0. The van der Waals surface area contributed by atoms with Gasteiger partial charge in [-0.1, -0.05) is 12.1 Å². The smallest absolute Gasteiger partial charge is 0.321 e. The highest BCUT2D eigenvalue weighted by Gasteiger charge is 2.45. The SMILES string of the molecule is O=C(CN1C(=O)NC2NC(=O)NC21)N/N=C/c1ccccc1O. The number of aromatic hydroxyl groups is 1. The summed E-state index contributed by atoms with van der Waals surface area (Å²) in [7, 11) is 0. The molecule has 2 aliphatic heterocycles. The Morgan fingerprint density at radius 2 is 2.09 bits per heavy atom. The van der Waals surface area contributed by atoms with E-state index in [1.54, 1.807) is 18.2 Å². The molecule has 1 aromatic carbocycles. The van der Waals surface area contributed by atoms with Crippen molar-refractivity contribution >= 4 is 24.2 Å². The van der Waals surface area contributed by atoms with Gasteiger partial charge in [-0.25, -0.2) is 15.0 Å². The van der Waals surface area contributed by atoms with Crippen LogP contribution < -0.4 is 21.4 Å². The Balaban J connectivity index is 1.56. The summed E-state index contributed by atoms with van der Waals surface area (Å²) in [5.74, 6) is -0.499. The van der Waals surface area contributed by atoms with Crippen LogP contribution in [-0.2, 0) is 4.79 Å². The van der Waals surface area contributed by atoms with Crippen molar-refractivity contribution in [1.29, 1.82) is 0 Å². The molecular weight excluding hydrogens is 304 g/mol. The molecule has 10 heteroatoms. The van der Waals surface area contributed by atoms with Gasteiger partial charge in [-0.3, -0.25) is 9.69 Å². The van der Waals surface area contributed by atoms with Crippen LogP contribution in [0.4, 0.5) is 9.59 Å². The molecule has 1 aromatic rings. The molecule has 0 aliphatic carbocycles. The molecule has 2 heterocycles. The van der Waals surface area contributed by atoms with E-state index in [9.17, 15) is 19.5 Å². The molecule has 5 N–H and O–H groups in total. The predicted molar refractivity (Wildman–Crippen MR) is 78.3 cm³/mol. The molecular formula is C13H14N6O4. The zero-order chi connectivity index (χ0) is 16.4. The second kappa shape index (κ2) is 5.83. The Morgan fingerprint density at radius 1 is 1.30 bits per heavy atom. The van der Waals surface area contributed by atoms with E-state index in [-0.39, 0.29) is 12.3 Å². The van der Waals surface area contributed by atoms with Crippen molar-refractivity contribution < 1.29 is 19.5 Å². The van der Waals surface area contributed by atoms with Gasteiger partial charge in [0.1, 0.15) is 24.6 Å². The molecule has 5 amide bonds. The molecule has 2 unspecified atom stereocenters. The third-order valence-electron chi connectivity index (χ3n) is 3.40. The summed E-state index contributed by atoms with van der Waals surface area (Å²) in [6.07, 6.45) is 0.106. The summed E-state index contributed by atoms with van der Waals surface area (Å²) < 4.78 is 0. The van der Waals surface area contributed by atoms with Crippen LogP contribution in [0.5, 0.6) is 5.75 Å². The van der Waals surface area contributed by atoms with E-state index in [2.05, 4.69) is 26.5 Å². The summed E-state index contributed by atoms with van der Waals surface area (Å²) in [5, 5.41) is 20.9. The number of phenols is 1. The lowest BCUT2D eigenvalue weighted by atomic mass is 10.2. The lowest BCUT2D eigenvalue weighted by Crippen LogP contribution is -2.47. The van der Waals surface area contributed by atoms with E-state index >= 15 is 0 Å².